The molecule has 2 aromatic rings. The molecule has 0 aromatic heterocycles. The van der Waals surface area contributed by atoms with Gasteiger partial charge in [0.1, 0.15) is 11.6 Å². The van der Waals surface area contributed by atoms with E-state index < -0.39 is 0 Å². The fraction of sp³-hybridized carbons (Fsp3) is 0.0769. The number of rotatable bonds is 3. The third-order valence-electron chi connectivity index (χ3n) is 2.33. The number of benzene rings is 2. The van der Waals surface area contributed by atoms with E-state index in [4.69, 9.17) is 11.6 Å². The van der Waals surface area contributed by atoms with Crippen LogP contribution in [0.1, 0.15) is 5.56 Å². The molecule has 0 radical (unpaired) electrons. The summed E-state index contributed by atoms with van der Waals surface area (Å²) in [5.74, 6) is -0.700. The highest BCUT2D eigenvalue weighted by atomic mass is 79.9. The molecule has 5 heteroatoms. The molecule has 1 N–H and O–H groups in total. The number of halogens is 4. The second-order valence-electron chi connectivity index (χ2n) is 3.76. The summed E-state index contributed by atoms with van der Waals surface area (Å²) in [7, 11) is 0. The van der Waals surface area contributed by atoms with Crippen molar-refractivity contribution in [3.8, 4) is 0 Å². The lowest BCUT2D eigenvalue weighted by Crippen LogP contribution is -2.01. The molecule has 0 heterocycles. The molecular weight excluding hydrogens is 324 g/mol. The van der Waals surface area contributed by atoms with Gasteiger partial charge in [0.2, 0.25) is 0 Å². The summed E-state index contributed by atoms with van der Waals surface area (Å²) < 4.78 is 26.8. The molecule has 18 heavy (non-hydrogen) atoms. The standard InChI is InChI=1S/C13H9BrClF2N/c14-9-3-8(4-11(17)5-9)7-18-13-6-10(16)1-2-12(13)15/h1-6,18H,7H2. The molecule has 0 aliphatic rings. The molecule has 0 saturated heterocycles. The molecule has 0 amide bonds. The summed E-state index contributed by atoms with van der Waals surface area (Å²) in [6.45, 7) is 0.361. The van der Waals surface area contributed by atoms with Gasteiger partial charge in [0.05, 0.1) is 10.7 Å². The van der Waals surface area contributed by atoms with Gasteiger partial charge >= 0.3 is 0 Å². The van der Waals surface area contributed by atoms with Gasteiger partial charge in [0.25, 0.3) is 0 Å². The van der Waals surface area contributed by atoms with Crippen LogP contribution < -0.4 is 5.32 Å². The van der Waals surface area contributed by atoms with E-state index in [1.807, 2.05) is 0 Å². The summed E-state index contributed by atoms with van der Waals surface area (Å²) in [6.07, 6.45) is 0. The van der Waals surface area contributed by atoms with Crippen LogP contribution in [0.25, 0.3) is 0 Å². The molecule has 0 fully saturated rings. The Labute approximate surface area is 117 Å². The Morgan fingerprint density at radius 1 is 1.06 bits per heavy atom. The predicted molar refractivity (Wildman–Crippen MR) is 72.8 cm³/mol. The maximum atomic E-state index is 13.2. The van der Waals surface area contributed by atoms with Crippen LogP contribution in [0.15, 0.2) is 40.9 Å². The minimum absolute atomic E-state index is 0.327. The quantitative estimate of drug-likeness (QED) is 0.834. The molecule has 0 unspecified atom stereocenters. The zero-order valence-electron chi connectivity index (χ0n) is 9.18. The smallest absolute Gasteiger partial charge is 0.125 e. The van der Waals surface area contributed by atoms with Crippen LogP contribution in [-0.2, 0) is 6.54 Å². The zero-order valence-corrected chi connectivity index (χ0v) is 11.5. The van der Waals surface area contributed by atoms with Crippen LogP contribution in [0.3, 0.4) is 0 Å². The Morgan fingerprint density at radius 3 is 2.56 bits per heavy atom. The minimum atomic E-state index is -0.373. The van der Waals surface area contributed by atoms with E-state index in [-0.39, 0.29) is 11.6 Å². The maximum absolute atomic E-state index is 13.2. The molecule has 2 aromatic carbocycles. The van der Waals surface area contributed by atoms with Crippen molar-refractivity contribution >= 4 is 33.2 Å². The summed E-state index contributed by atoms with van der Waals surface area (Å²) >= 11 is 9.12. The second-order valence-corrected chi connectivity index (χ2v) is 5.08. The van der Waals surface area contributed by atoms with Gasteiger partial charge in [0.15, 0.2) is 0 Å². The Hall–Kier alpha value is -1.13. The first-order chi connectivity index (χ1) is 8.54. The number of hydrogen-bond donors (Lipinski definition) is 1. The lowest BCUT2D eigenvalue weighted by Gasteiger charge is -2.09. The van der Waals surface area contributed by atoms with E-state index in [2.05, 4.69) is 21.2 Å². The van der Waals surface area contributed by atoms with Crippen molar-refractivity contribution in [3.63, 3.8) is 0 Å². The third kappa shape index (κ3) is 3.43. The van der Waals surface area contributed by atoms with Crippen LogP contribution in [-0.4, -0.2) is 0 Å². The topological polar surface area (TPSA) is 12.0 Å². The average molecular weight is 333 g/mol. The molecule has 0 bridgehead atoms. The first kappa shape index (κ1) is 13.3. The van der Waals surface area contributed by atoms with Gasteiger partial charge < -0.3 is 5.32 Å². The summed E-state index contributed by atoms with van der Waals surface area (Å²) in [5.41, 5.74) is 1.22. The van der Waals surface area contributed by atoms with Gasteiger partial charge in [0, 0.05) is 11.0 Å². The number of nitrogens with one attached hydrogen (secondary N) is 1. The van der Waals surface area contributed by atoms with Gasteiger partial charge in [-0.15, -0.1) is 0 Å². The Balaban J connectivity index is 2.13. The van der Waals surface area contributed by atoms with Gasteiger partial charge in [-0.25, -0.2) is 8.78 Å². The molecule has 0 aliphatic carbocycles. The zero-order chi connectivity index (χ0) is 13.1. The van der Waals surface area contributed by atoms with Gasteiger partial charge in [-0.2, -0.15) is 0 Å². The first-order valence-corrected chi connectivity index (χ1v) is 6.35. The van der Waals surface area contributed by atoms with E-state index in [9.17, 15) is 8.78 Å². The van der Waals surface area contributed by atoms with Crippen molar-refractivity contribution < 1.29 is 8.78 Å². The van der Waals surface area contributed by atoms with Crippen molar-refractivity contribution in [2.24, 2.45) is 0 Å². The Kier molecular flexibility index (Phi) is 4.19. The summed E-state index contributed by atoms with van der Waals surface area (Å²) in [5, 5.41) is 3.39. The first-order valence-electron chi connectivity index (χ1n) is 5.18. The summed E-state index contributed by atoms with van der Waals surface area (Å²) in [6, 6.07) is 8.62. The van der Waals surface area contributed by atoms with E-state index in [0.717, 1.165) is 5.56 Å². The van der Waals surface area contributed by atoms with E-state index in [1.54, 1.807) is 6.07 Å². The van der Waals surface area contributed by atoms with E-state index in [0.29, 0.717) is 21.7 Å². The van der Waals surface area contributed by atoms with Crippen LogP contribution >= 0.6 is 27.5 Å². The van der Waals surface area contributed by atoms with Crippen molar-refractivity contribution in [2.75, 3.05) is 5.32 Å². The molecule has 1 nitrogen and oxygen atoms in total. The van der Waals surface area contributed by atoms with Gasteiger partial charge in [-0.05, 0) is 42.0 Å². The monoisotopic (exact) mass is 331 g/mol. The highest BCUT2D eigenvalue weighted by molar-refractivity contribution is 9.10. The van der Waals surface area contributed by atoms with Crippen LogP contribution in [0.4, 0.5) is 14.5 Å². The summed E-state index contributed by atoms with van der Waals surface area (Å²) in [4.78, 5) is 0. The van der Waals surface area contributed by atoms with Crippen molar-refractivity contribution in [1.82, 2.24) is 0 Å². The van der Waals surface area contributed by atoms with Crippen molar-refractivity contribution in [2.45, 2.75) is 6.54 Å². The van der Waals surface area contributed by atoms with Crippen molar-refractivity contribution in [1.29, 1.82) is 0 Å². The van der Waals surface area contributed by atoms with Crippen molar-refractivity contribution in [3.05, 3.63) is 63.1 Å². The molecule has 2 rings (SSSR count). The maximum Gasteiger partial charge on any atom is 0.125 e. The van der Waals surface area contributed by atoms with Gasteiger partial charge in [-0.1, -0.05) is 27.5 Å². The Morgan fingerprint density at radius 2 is 1.83 bits per heavy atom. The molecule has 0 aliphatic heterocycles. The molecular formula is C13H9BrClF2N. The van der Waals surface area contributed by atoms with Gasteiger partial charge in [-0.3, -0.25) is 0 Å². The van der Waals surface area contributed by atoms with E-state index in [1.165, 1.54) is 30.3 Å². The van der Waals surface area contributed by atoms with Crippen LogP contribution in [0.2, 0.25) is 5.02 Å². The third-order valence-corrected chi connectivity index (χ3v) is 3.12. The molecule has 0 spiro atoms. The molecule has 94 valence electrons. The number of anilines is 1. The highest BCUT2D eigenvalue weighted by Gasteiger charge is 2.03. The lowest BCUT2D eigenvalue weighted by atomic mass is 10.2. The second kappa shape index (κ2) is 5.67. The largest absolute Gasteiger partial charge is 0.380 e. The lowest BCUT2D eigenvalue weighted by molar-refractivity contribution is 0.624. The highest BCUT2D eigenvalue weighted by Crippen LogP contribution is 2.23. The molecule has 0 atom stereocenters. The minimum Gasteiger partial charge on any atom is -0.380 e. The normalized spacial score (nSPS) is 10.4. The Bertz CT molecular complexity index is 555. The predicted octanol–water partition coefficient (Wildman–Crippen LogP) is 4.99. The average Bonchev–Trinajstić information content (AvgIpc) is 2.29. The fourth-order valence-electron chi connectivity index (χ4n) is 1.54. The van der Waals surface area contributed by atoms with Crippen LogP contribution in [0.5, 0.6) is 0 Å². The molecule has 0 saturated carbocycles. The van der Waals surface area contributed by atoms with Crippen LogP contribution in [0, 0.1) is 11.6 Å². The van der Waals surface area contributed by atoms with E-state index >= 15 is 0 Å². The SMILES string of the molecule is Fc1cc(Br)cc(CNc2cc(F)ccc2Cl)c1. The number of hydrogen-bond acceptors (Lipinski definition) is 1. The fourth-order valence-corrected chi connectivity index (χ4v) is 2.24.